The molecule has 4 aromatic rings. The number of thiophene rings is 4. The second-order valence-electron chi connectivity index (χ2n) is 4.73. The van der Waals surface area contributed by atoms with Gasteiger partial charge in [-0.25, -0.2) is 0 Å². The lowest BCUT2D eigenvalue weighted by Gasteiger charge is -1.82. The van der Waals surface area contributed by atoms with Crippen LogP contribution in [0.25, 0.3) is 24.3 Å². The minimum absolute atomic E-state index is 1.31. The molecule has 0 atom stereocenters. The lowest BCUT2D eigenvalue weighted by atomic mass is 10.4. The maximum atomic E-state index is 2.15. The van der Waals surface area contributed by atoms with Gasteiger partial charge in [0.1, 0.15) is 0 Å². The first-order valence-corrected chi connectivity index (χ1v) is 10.9. The Balaban J connectivity index is 0.000000141. The highest BCUT2D eigenvalue weighted by Gasteiger charge is 1.88. The summed E-state index contributed by atoms with van der Waals surface area (Å²) >= 11 is 7.05. The number of rotatable bonds is 4. The highest BCUT2D eigenvalue weighted by molar-refractivity contribution is 7.12. The number of hydrogen-bond acceptors (Lipinski definition) is 4. The fourth-order valence-electron chi connectivity index (χ4n) is 1.87. The summed E-state index contributed by atoms with van der Waals surface area (Å²) in [5, 5.41) is 8.37. The van der Waals surface area contributed by atoms with Gasteiger partial charge in [-0.15, -0.1) is 45.3 Å². The van der Waals surface area contributed by atoms with E-state index >= 15 is 0 Å². The minimum Gasteiger partial charge on any atom is -0.144 e. The van der Waals surface area contributed by atoms with E-state index in [2.05, 4.69) is 94.4 Å². The van der Waals surface area contributed by atoms with Crippen LogP contribution in [-0.4, -0.2) is 0 Å². The lowest BCUT2D eigenvalue weighted by molar-refractivity contribution is 1.94. The van der Waals surface area contributed by atoms with Crippen LogP contribution in [0.15, 0.2) is 70.1 Å². The van der Waals surface area contributed by atoms with E-state index in [0.717, 1.165) is 0 Å². The van der Waals surface area contributed by atoms with Gasteiger partial charge in [0.15, 0.2) is 0 Å². The standard InChI is InChI=1S/2C10H8S2/c2*1-3-9(11-7-1)5-6-10-4-2-8-12-10/h2*1-8H/b6-5+;6-5-. The Kier molecular flexibility index (Phi) is 6.81. The smallest absolute Gasteiger partial charge is 0.0270 e. The molecule has 0 amide bonds. The Morgan fingerprint density at radius 3 is 0.833 bits per heavy atom. The van der Waals surface area contributed by atoms with E-state index in [0.29, 0.717) is 0 Å². The normalized spacial score (nSPS) is 11.0. The monoisotopic (exact) mass is 384 g/mol. The van der Waals surface area contributed by atoms with Crippen LogP contribution < -0.4 is 0 Å². The van der Waals surface area contributed by atoms with Crippen molar-refractivity contribution in [1.82, 2.24) is 0 Å². The van der Waals surface area contributed by atoms with Crippen LogP contribution in [0.1, 0.15) is 19.5 Å². The predicted molar refractivity (Wildman–Crippen MR) is 115 cm³/mol. The zero-order valence-corrected chi connectivity index (χ0v) is 16.1. The van der Waals surface area contributed by atoms with Gasteiger partial charge in [0.2, 0.25) is 0 Å². The summed E-state index contributed by atoms with van der Waals surface area (Å²) in [6, 6.07) is 16.8. The van der Waals surface area contributed by atoms with E-state index in [1.807, 2.05) is 0 Å². The topological polar surface area (TPSA) is 0 Å². The zero-order chi connectivity index (χ0) is 16.5. The van der Waals surface area contributed by atoms with Gasteiger partial charge in [-0.1, -0.05) is 24.3 Å². The Morgan fingerprint density at radius 1 is 0.417 bits per heavy atom. The molecule has 0 saturated carbocycles. The molecule has 0 aliphatic rings. The molecule has 0 bridgehead atoms. The van der Waals surface area contributed by atoms with Gasteiger partial charge >= 0.3 is 0 Å². The van der Waals surface area contributed by atoms with E-state index in [9.17, 15) is 0 Å². The third-order valence-electron chi connectivity index (χ3n) is 3.00. The van der Waals surface area contributed by atoms with Crippen molar-refractivity contribution in [3.63, 3.8) is 0 Å². The van der Waals surface area contributed by atoms with Gasteiger partial charge in [-0.2, -0.15) is 0 Å². The van der Waals surface area contributed by atoms with Gasteiger partial charge in [0.25, 0.3) is 0 Å². The first kappa shape index (κ1) is 17.1. The first-order chi connectivity index (χ1) is 11.9. The molecule has 0 saturated heterocycles. The second-order valence-corrected chi connectivity index (χ2v) is 8.65. The van der Waals surface area contributed by atoms with Crippen LogP contribution in [0, 0.1) is 0 Å². The molecule has 0 spiro atoms. The highest BCUT2D eigenvalue weighted by Crippen LogP contribution is 2.17. The van der Waals surface area contributed by atoms with Crippen LogP contribution in [0.4, 0.5) is 0 Å². The maximum absolute atomic E-state index is 2.15. The van der Waals surface area contributed by atoms with Gasteiger partial charge in [0, 0.05) is 19.5 Å². The summed E-state index contributed by atoms with van der Waals surface area (Å²) in [5.74, 6) is 0. The van der Waals surface area contributed by atoms with Crippen LogP contribution in [0.5, 0.6) is 0 Å². The Bertz CT molecular complexity index is 684. The van der Waals surface area contributed by atoms with Crippen molar-refractivity contribution < 1.29 is 0 Å². The molecule has 0 aromatic carbocycles. The lowest BCUT2D eigenvalue weighted by Crippen LogP contribution is -1.56. The Hall–Kier alpha value is -1.72. The summed E-state index contributed by atoms with van der Waals surface area (Å²) in [7, 11) is 0. The van der Waals surface area contributed by atoms with Gasteiger partial charge in [0.05, 0.1) is 0 Å². The quantitative estimate of drug-likeness (QED) is 0.335. The molecular weight excluding hydrogens is 368 g/mol. The third kappa shape index (κ3) is 5.73. The van der Waals surface area contributed by atoms with E-state index in [1.165, 1.54) is 19.5 Å². The van der Waals surface area contributed by atoms with E-state index in [4.69, 9.17) is 0 Å². The zero-order valence-electron chi connectivity index (χ0n) is 12.9. The summed E-state index contributed by atoms with van der Waals surface area (Å²) in [6.45, 7) is 0. The molecule has 0 unspecified atom stereocenters. The maximum Gasteiger partial charge on any atom is 0.0270 e. The molecule has 0 aliphatic heterocycles. The molecule has 24 heavy (non-hydrogen) atoms. The van der Waals surface area contributed by atoms with Crippen LogP contribution in [0.2, 0.25) is 0 Å². The van der Waals surface area contributed by atoms with Crippen molar-refractivity contribution in [2.45, 2.75) is 0 Å². The van der Waals surface area contributed by atoms with Crippen LogP contribution >= 0.6 is 45.3 Å². The van der Waals surface area contributed by atoms with Crippen molar-refractivity contribution in [2.24, 2.45) is 0 Å². The summed E-state index contributed by atoms with van der Waals surface area (Å²) in [6.07, 6.45) is 8.60. The van der Waals surface area contributed by atoms with Crippen molar-refractivity contribution in [2.75, 3.05) is 0 Å². The SMILES string of the molecule is C(=C/c1cccs1)/c1cccs1.C(=C\c1cccs1)/c1cccs1. The van der Waals surface area contributed by atoms with Gasteiger partial charge in [-0.3, -0.25) is 0 Å². The van der Waals surface area contributed by atoms with Gasteiger partial charge < -0.3 is 0 Å². The van der Waals surface area contributed by atoms with Crippen molar-refractivity contribution in [1.29, 1.82) is 0 Å². The molecule has 0 fully saturated rings. The first-order valence-electron chi connectivity index (χ1n) is 7.40. The predicted octanol–water partition coefficient (Wildman–Crippen LogP) is 7.96. The van der Waals surface area contributed by atoms with Crippen molar-refractivity contribution in [3.8, 4) is 0 Å². The molecule has 0 aliphatic carbocycles. The van der Waals surface area contributed by atoms with E-state index < -0.39 is 0 Å². The molecule has 4 aromatic heterocycles. The molecule has 0 nitrogen and oxygen atoms in total. The number of hydrogen-bond donors (Lipinski definition) is 0. The second kappa shape index (κ2) is 9.55. The van der Waals surface area contributed by atoms with E-state index in [-0.39, 0.29) is 0 Å². The summed E-state index contributed by atoms with van der Waals surface area (Å²) in [5.41, 5.74) is 0. The third-order valence-corrected chi connectivity index (χ3v) is 6.35. The minimum atomic E-state index is 1.31. The van der Waals surface area contributed by atoms with Gasteiger partial charge in [-0.05, 0) is 70.1 Å². The fraction of sp³-hybridized carbons (Fsp3) is 0. The fourth-order valence-corrected chi connectivity index (χ4v) is 4.34. The van der Waals surface area contributed by atoms with Crippen molar-refractivity contribution >= 4 is 69.7 Å². The molecular formula is C20H16S4. The summed E-state index contributed by atoms with van der Waals surface area (Å²) in [4.78, 5) is 5.23. The molecule has 4 heteroatoms. The summed E-state index contributed by atoms with van der Waals surface area (Å²) < 4.78 is 0. The molecule has 4 heterocycles. The van der Waals surface area contributed by atoms with E-state index in [1.54, 1.807) is 45.3 Å². The van der Waals surface area contributed by atoms with Crippen molar-refractivity contribution in [3.05, 3.63) is 89.6 Å². The Labute approximate surface area is 158 Å². The average molecular weight is 385 g/mol. The molecule has 0 radical (unpaired) electrons. The molecule has 120 valence electrons. The van der Waals surface area contributed by atoms with Crippen LogP contribution in [0.3, 0.4) is 0 Å². The molecule has 0 N–H and O–H groups in total. The average Bonchev–Trinajstić information content (AvgIpc) is 3.43. The van der Waals surface area contributed by atoms with Crippen LogP contribution in [-0.2, 0) is 0 Å². The molecule has 4 rings (SSSR count). The largest absolute Gasteiger partial charge is 0.144 e. The highest BCUT2D eigenvalue weighted by atomic mass is 32.1. The Morgan fingerprint density at radius 2 is 0.667 bits per heavy atom.